The van der Waals surface area contributed by atoms with Crippen LogP contribution < -0.4 is 5.73 Å². The molecule has 1 saturated carbocycles. The fourth-order valence-electron chi connectivity index (χ4n) is 2.67. The topological polar surface area (TPSA) is 63.3 Å². The fourth-order valence-corrected chi connectivity index (χ4v) is 2.67. The molecule has 0 saturated heterocycles. The third-order valence-electron chi connectivity index (χ3n) is 3.29. The average Bonchev–Trinajstić information content (AvgIpc) is 2.62. The second-order valence-corrected chi connectivity index (χ2v) is 4.21. The van der Waals surface area contributed by atoms with Gasteiger partial charge in [-0.1, -0.05) is 12.2 Å². The summed E-state index contributed by atoms with van der Waals surface area (Å²) in [6.07, 6.45) is 6.85. The van der Waals surface area contributed by atoms with E-state index >= 15 is 0 Å². The van der Waals surface area contributed by atoms with Crippen molar-refractivity contribution in [2.75, 3.05) is 0 Å². The van der Waals surface area contributed by atoms with Gasteiger partial charge in [-0.2, -0.15) is 0 Å². The number of nitrogens with two attached hydrogens (primary N) is 1. The summed E-state index contributed by atoms with van der Waals surface area (Å²) >= 11 is 0. The smallest absolute Gasteiger partial charge is 0.304 e. The molecular formula is C10H15NO2. The van der Waals surface area contributed by atoms with Crippen LogP contribution in [0.25, 0.3) is 0 Å². The van der Waals surface area contributed by atoms with Crippen molar-refractivity contribution in [3.05, 3.63) is 12.2 Å². The summed E-state index contributed by atoms with van der Waals surface area (Å²) in [4.78, 5) is 10.5. The van der Waals surface area contributed by atoms with Crippen LogP contribution >= 0.6 is 0 Å². The average molecular weight is 181 g/mol. The van der Waals surface area contributed by atoms with Crippen molar-refractivity contribution in [2.24, 2.45) is 23.5 Å². The second-order valence-electron chi connectivity index (χ2n) is 4.21. The normalized spacial score (nSPS) is 38.1. The Morgan fingerprint density at radius 1 is 1.54 bits per heavy atom. The largest absolute Gasteiger partial charge is 0.481 e. The lowest BCUT2D eigenvalue weighted by molar-refractivity contribution is -0.137. The molecule has 3 N–H and O–H groups in total. The van der Waals surface area contributed by atoms with E-state index in [9.17, 15) is 4.79 Å². The van der Waals surface area contributed by atoms with E-state index in [1.54, 1.807) is 0 Å². The van der Waals surface area contributed by atoms with E-state index in [1.165, 1.54) is 6.42 Å². The van der Waals surface area contributed by atoms with Gasteiger partial charge in [0.1, 0.15) is 0 Å². The van der Waals surface area contributed by atoms with Gasteiger partial charge in [0, 0.05) is 6.04 Å². The highest BCUT2D eigenvalue weighted by atomic mass is 16.4. The van der Waals surface area contributed by atoms with Crippen LogP contribution in [0.4, 0.5) is 0 Å². The number of fused-ring (bicyclic) bond motifs is 2. The molecule has 4 atom stereocenters. The molecule has 0 unspecified atom stereocenters. The highest BCUT2D eigenvalue weighted by Crippen LogP contribution is 2.44. The Balaban J connectivity index is 1.95. The molecule has 13 heavy (non-hydrogen) atoms. The molecule has 72 valence electrons. The van der Waals surface area contributed by atoms with Gasteiger partial charge in [0.25, 0.3) is 0 Å². The summed E-state index contributed by atoms with van der Waals surface area (Å²) < 4.78 is 0. The minimum absolute atomic E-state index is 0.113. The predicted molar refractivity (Wildman–Crippen MR) is 49.1 cm³/mol. The summed E-state index contributed by atoms with van der Waals surface area (Å²) in [6.45, 7) is 0. The van der Waals surface area contributed by atoms with E-state index < -0.39 is 5.97 Å². The van der Waals surface area contributed by atoms with Crippen LogP contribution in [0.3, 0.4) is 0 Å². The zero-order chi connectivity index (χ0) is 9.42. The molecule has 2 aliphatic rings. The summed E-state index contributed by atoms with van der Waals surface area (Å²) in [5.41, 5.74) is 5.85. The highest BCUT2D eigenvalue weighted by molar-refractivity contribution is 5.67. The zero-order valence-corrected chi connectivity index (χ0v) is 7.52. The first kappa shape index (κ1) is 8.75. The first-order chi connectivity index (χ1) is 6.16. The molecule has 3 nitrogen and oxygen atoms in total. The third-order valence-corrected chi connectivity index (χ3v) is 3.29. The molecule has 0 aromatic rings. The number of carbonyl (C=O) groups is 1. The van der Waals surface area contributed by atoms with E-state index in [0.717, 1.165) is 6.42 Å². The number of allylic oxidation sites excluding steroid dienone is 2. The van der Waals surface area contributed by atoms with Gasteiger partial charge in [-0.05, 0) is 30.6 Å². The quantitative estimate of drug-likeness (QED) is 0.638. The van der Waals surface area contributed by atoms with Crippen LogP contribution in [-0.4, -0.2) is 17.1 Å². The molecule has 2 rings (SSSR count). The van der Waals surface area contributed by atoms with Crippen molar-refractivity contribution in [1.29, 1.82) is 0 Å². The van der Waals surface area contributed by atoms with Crippen molar-refractivity contribution in [2.45, 2.75) is 25.3 Å². The van der Waals surface area contributed by atoms with Crippen molar-refractivity contribution in [1.82, 2.24) is 0 Å². The van der Waals surface area contributed by atoms with Crippen molar-refractivity contribution in [3.8, 4) is 0 Å². The van der Waals surface area contributed by atoms with E-state index in [2.05, 4.69) is 12.2 Å². The van der Waals surface area contributed by atoms with Gasteiger partial charge >= 0.3 is 5.97 Å². The van der Waals surface area contributed by atoms with Gasteiger partial charge in [-0.3, -0.25) is 4.79 Å². The SMILES string of the molecule is N[C@H](CC(=O)O)[C@H]1C[C@H]2C=C[C@@H]1C2. The van der Waals surface area contributed by atoms with Gasteiger partial charge < -0.3 is 10.8 Å². The summed E-state index contributed by atoms with van der Waals surface area (Å²) in [6, 6.07) is -0.155. The molecule has 0 aromatic heterocycles. The molecular weight excluding hydrogens is 166 g/mol. The van der Waals surface area contributed by atoms with E-state index in [4.69, 9.17) is 10.8 Å². The molecule has 2 bridgehead atoms. The number of hydrogen-bond donors (Lipinski definition) is 2. The van der Waals surface area contributed by atoms with Crippen molar-refractivity contribution < 1.29 is 9.90 Å². The van der Waals surface area contributed by atoms with Gasteiger partial charge in [0.05, 0.1) is 6.42 Å². The molecule has 2 aliphatic carbocycles. The number of carboxylic acids is 1. The standard InChI is InChI=1S/C10H15NO2/c11-9(5-10(12)13)8-4-6-1-2-7(8)3-6/h1-2,6-9H,3-5,11H2,(H,12,13)/t6-,7+,8-,9+/m0/s1. The van der Waals surface area contributed by atoms with Gasteiger partial charge in [-0.15, -0.1) is 0 Å². The minimum atomic E-state index is -0.778. The molecule has 3 heteroatoms. The summed E-state index contributed by atoms with van der Waals surface area (Å²) in [7, 11) is 0. The lowest BCUT2D eigenvalue weighted by Gasteiger charge is -2.23. The van der Waals surface area contributed by atoms with Crippen LogP contribution in [-0.2, 0) is 4.79 Å². The predicted octanol–water partition coefficient (Wildman–Crippen LogP) is 1.00. The van der Waals surface area contributed by atoms with Crippen molar-refractivity contribution >= 4 is 5.97 Å². The van der Waals surface area contributed by atoms with Crippen LogP contribution in [0, 0.1) is 17.8 Å². The molecule has 1 fully saturated rings. The Labute approximate surface area is 77.6 Å². The van der Waals surface area contributed by atoms with E-state index in [0.29, 0.717) is 17.8 Å². The van der Waals surface area contributed by atoms with Gasteiger partial charge in [0.15, 0.2) is 0 Å². The number of aliphatic carboxylic acids is 1. The molecule has 0 aromatic carbocycles. The Kier molecular flexibility index (Phi) is 2.12. The molecule has 0 aliphatic heterocycles. The maximum absolute atomic E-state index is 10.5. The Morgan fingerprint density at radius 2 is 2.31 bits per heavy atom. The summed E-state index contributed by atoms with van der Waals surface area (Å²) in [5, 5.41) is 8.62. The lowest BCUT2D eigenvalue weighted by Crippen LogP contribution is -2.34. The van der Waals surface area contributed by atoms with Gasteiger partial charge in [-0.25, -0.2) is 0 Å². The van der Waals surface area contributed by atoms with Gasteiger partial charge in [0.2, 0.25) is 0 Å². The van der Waals surface area contributed by atoms with E-state index in [-0.39, 0.29) is 12.5 Å². The van der Waals surface area contributed by atoms with Crippen LogP contribution in [0.1, 0.15) is 19.3 Å². The highest BCUT2D eigenvalue weighted by Gasteiger charge is 2.39. The Hall–Kier alpha value is -0.830. The maximum atomic E-state index is 10.5. The monoisotopic (exact) mass is 181 g/mol. The molecule has 0 amide bonds. The van der Waals surface area contributed by atoms with Crippen LogP contribution in [0.5, 0.6) is 0 Å². The van der Waals surface area contributed by atoms with Crippen LogP contribution in [0.2, 0.25) is 0 Å². The maximum Gasteiger partial charge on any atom is 0.304 e. The zero-order valence-electron chi connectivity index (χ0n) is 7.52. The first-order valence-corrected chi connectivity index (χ1v) is 4.82. The number of hydrogen-bond acceptors (Lipinski definition) is 2. The second kappa shape index (κ2) is 3.14. The Bertz CT molecular complexity index is 249. The number of rotatable bonds is 3. The summed E-state index contributed by atoms with van der Waals surface area (Å²) in [5.74, 6) is 0.861. The first-order valence-electron chi connectivity index (χ1n) is 4.82. The lowest BCUT2D eigenvalue weighted by atomic mass is 9.86. The molecule has 0 heterocycles. The minimum Gasteiger partial charge on any atom is -0.481 e. The van der Waals surface area contributed by atoms with Crippen LogP contribution in [0.15, 0.2) is 12.2 Å². The van der Waals surface area contributed by atoms with E-state index in [1.807, 2.05) is 0 Å². The molecule has 0 radical (unpaired) electrons. The fraction of sp³-hybridized carbons (Fsp3) is 0.700. The third kappa shape index (κ3) is 1.61. The Morgan fingerprint density at radius 3 is 2.77 bits per heavy atom. The van der Waals surface area contributed by atoms with Crippen molar-refractivity contribution in [3.63, 3.8) is 0 Å². The number of carboxylic acid groups (broad SMARTS) is 1. The molecule has 0 spiro atoms.